The van der Waals surface area contributed by atoms with E-state index in [2.05, 4.69) is 4.99 Å². The molecule has 0 aliphatic carbocycles. The van der Waals surface area contributed by atoms with Crippen LogP contribution in [-0.2, 0) is 12.7 Å². The van der Waals surface area contributed by atoms with E-state index >= 15 is 0 Å². The molecule has 94 valence electrons. The van der Waals surface area contributed by atoms with Gasteiger partial charge in [-0.25, -0.2) is 0 Å². The summed E-state index contributed by atoms with van der Waals surface area (Å²) >= 11 is 0. The van der Waals surface area contributed by atoms with E-state index in [-0.39, 0.29) is 0 Å². The maximum atomic E-state index is 12.4. The first-order valence-electron chi connectivity index (χ1n) is 5.34. The van der Waals surface area contributed by atoms with Crippen molar-refractivity contribution in [3.63, 3.8) is 0 Å². The van der Waals surface area contributed by atoms with E-state index in [0.717, 1.165) is 17.7 Å². The van der Waals surface area contributed by atoms with Crippen LogP contribution in [0, 0.1) is 0 Å². The quantitative estimate of drug-likeness (QED) is 0.785. The minimum absolute atomic E-state index is 0.508. The number of rotatable bonds is 2. The van der Waals surface area contributed by atoms with Gasteiger partial charge in [-0.15, -0.1) is 0 Å². The van der Waals surface area contributed by atoms with Gasteiger partial charge in [0.05, 0.1) is 5.56 Å². The van der Waals surface area contributed by atoms with E-state index in [4.69, 9.17) is 0 Å². The number of alkyl halides is 3. The Morgan fingerprint density at radius 1 is 1.06 bits per heavy atom. The van der Waals surface area contributed by atoms with Crippen molar-refractivity contribution in [2.24, 2.45) is 4.99 Å². The maximum absolute atomic E-state index is 12.4. The van der Waals surface area contributed by atoms with Gasteiger partial charge in [0.1, 0.15) is 0 Å². The lowest BCUT2D eigenvalue weighted by atomic mass is 10.1. The second-order valence-corrected chi connectivity index (χ2v) is 3.80. The Hall–Kier alpha value is -2.04. The second kappa shape index (κ2) is 5.08. The molecule has 0 fully saturated rings. The zero-order chi connectivity index (χ0) is 13.0. The Bertz CT molecular complexity index is 468. The van der Waals surface area contributed by atoms with Crippen LogP contribution in [-0.4, -0.2) is 11.1 Å². The maximum Gasteiger partial charge on any atom is 0.416 e. The van der Waals surface area contributed by atoms with Gasteiger partial charge in [0.2, 0.25) is 0 Å². The first-order chi connectivity index (χ1) is 8.55. The van der Waals surface area contributed by atoms with Crippen LogP contribution in [0.3, 0.4) is 0 Å². The van der Waals surface area contributed by atoms with Crippen LogP contribution in [0.1, 0.15) is 11.1 Å². The van der Waals surface area contributed by atoms with Gasteiger partial charge in [0, 0.05) is 31.4 Å². The fourth-order valence-corrected chi connectivity index (χ4v) is 1.54. The Morgan fingerprint density at radius 2 is 1.78 bits per heavy atom. The largest absolute Gasteiger partial charge is 0.416 e. The van der Waals surface area contributed by atoms with Gasteiger partial charge in [-0.2, -0.15) is 13.2 Å². The molecule has 0 aromatic heterocycles. The molecule has 0 saturated carbocycles. The first kappa shape index (κ1) is 12.4. The summed E-state index contributed by atoms with van der Waals surface area (Å²) in [6.45, 7) is 0.508. The summed E-state index contributed by atoms with van der Waals surface area (Å²) in [4.78, 5) is 5.77. The van der Waals surface area contributed by atoms with Gasteiger partial charge >= 0.3 is 6.18 Å². The molecular weight excluding hydrogens is 241 g/mol. The minimum atomic E-state index is -4.28. The number of aliphatic imine (C=N–C) groups is 1. The molecule has 1 aromatic rings. The highest BCUT2D eigenvalue weighted by Gasteiger charge is 2.29. The third-order valence-electron chi connectivity index (χ3n) is 2.44. The van der Waals surface area contributed by atoms with Crippen molar-refractivity contribution >= 4 is 6.21 Å². The molecule has 0 radical (unpaired) electrons. The summed E-state index contributed by atoms with van der Waals surface area (Å²) in [7, 11) is 0. The number of benzene rings is 1. The van der Waals surface area contributed by atoms with Crippen LogP contribution in [0.5, 0.6) is 0 Å². The van der Waals surface area contributed by atoms with Crippen LogP contribution < -0.4 is 0 Å². The average molecular weight is 252 g/mol. The molecule has 18 heavy (non-hydrogen) atoms. The van der Waals surface area contributed by atoms with Gasteiger partial charge in [-0.3, -0.25) is 4.99 Å². The summed E-state index contributed by atoms with van der Waals surface area (Å²) < 4.78 is 37.1. The summed E-state index contributed by atoms with van der Waals surface area (Å²) in [5, 5.41) is 0. The molecular formula is C13H11F3N2. The van der Waals surface area contributed by atoms with Crippen molar-refractivity contribution in [2.45, 2.75) is 12.7 Å². The Kier molecular flexibility index (Phi) is 3.50. The molecule has 1 heterocycles. The van der Waals surface area contributed by atoms with Gasteiger partial charge in [-0.1, -0.05) is 12.1 Å². The van der Waals surface area contributed by atoms with Crippen molar-refractivity contribution in [1.29, 1.82) is 0 Å². The molecule has 0 atom stereocenters. The van der Waals surface area contributed by atoms with Crippen molar-refractivity contribution in [3.05, 3.63) is 60.1 Å². The molecule has 0 amide bonds. The van der Waals surface area contributed by atoms with Crippen LogP contribution in [0.15, 0.2) is 53.9 Å². The van der Waals surface area contributed by atoms with E-state index in [1.165, 1.54) is 12.1 Å². The van der Waals surface area contributed by atoms with Crippen molar-refractivity contribution < 1.29 is 13.2 Å². The SMILES string of the molecule is FC(F)(F)c1ccc(CN2C=CC=NC=C2)cc1. The molecule has 1 aliphatic rings. The topological polar surface area (TPSA) is 15.6 Å². The summed E-state index contributed by atoms with van der Waals surface area (Å²) in [6.07, 6.45) is 4.33. The highest BCUT2D eigenvalue weighted by molar-refractivity contribution is 5.71. The normalized spacial score (nSPS) is 14.9. The third-order valence-corrected chi connectivity index (χ3v) is 2.44. The van der Waals surface area contributed by atoms with Gasteiger partial charge in [-0.05, 0) is 23.8 Å². The fourth-order valence-electron chi connectivity index (χ4n) is 1.54. The molecule has 0 spiro atoms. The number of nitrogens with zero attached hydrogens (tertiary/aromatic N) is 2. The van der Waals surface area contributed by atoms with Crippen LogP contribution in [0.25, 0.3) is 0 Å². The Morgan fingerprint density at radius 3 is 2.44 bits per heavy atom. The molecule has 0 N–H and O–H groups in total. The lowest BCUT2D eigenvalue weighted by Gasteiger charge is -2.15. The molecule has 1 aliphatic heterocycles. The van der Waals surface area contributed by atoms with Gasteiger partial charge in [0.15, 0.2) is 0 Å². The van der Waals surface area contributed by atoms with Crippen molar-refractivity contribution in [1.82, 2.24) is 4.90 Å². The zero-order valence-corrected chi connectivity index (χ0v) is 9.43. The van der Waals surface area contributed by atoms with E-state index in [1.807, 2.05) is 11.1 Å². The summed E-state index contributed by atoms with van der Waals surface area (Å²) in [5.41, 5.74) is 0.177. The number of hydrogen-bond donors (Lipinski definition) is 0. The number of hydrogen-bond acceptors (Lipinski definition) is 2. The molecule has 0 unspecified atom stereocenters. The van der Waals surface area contributed by atoms with E-state index < -0.39 is 11.7 Å². The van der Waals surface area contributed by atoms with E-state index in [9.17, 15) is 13.2 Å². The highest BCUT2D eigenvalue weighted by atomic mass is 19.4. The lowest BCUT2D eigenvalue weighted by Crippen LogP contribution is -2.09. The molecule has 5 heteroatoms. The van der Waals surface area contributed by atoms with Crippen LogP contribution in [0.4, 0.5) is 13.2 Å². The Balaban J connectivity index is 2.07. The van der Waals surface area contributed by atoms with Crippen molar-refractivity contribution in [3.8, 4) is 0 Å². The molecule has 0 saturated heterocycles. The predicted molar refractivity (Wildman–Crippen MR) is 63.8 cm³/mol. The van der Waals surface area contributed by atoms with Gasteiger partial charge < -0.3 is 4.90 Å². The predicted octanol–water partition coefficient (Wildman–Crippen LogP) is 3.58. The van der Waals surface area contributed by atoms with Crippen LogP contribution in [0.2, 0.25) is 0 Å². The summed E-state index contributed by atoms with van der Waals surface area (Å²) in [5.74, 6) is 0. The number of halogens is 3. The smallest absolute Gasteiger partial charge is 0.348 e. The number of allylic oxidation sites excluding steroid dienone is 1. The molecule has 1 aromatic carbocycles. The third kappa shape index (κ3) is 3.23. The van der Waals surface area contributed by atoms with Crippen LogP contribution >= 0.6 is 0 Å². The monoisotopic (exact) mass is 252 g/mol. The average Bonchev–Trinajstić information content (AvgIpc) is 2.57. The first-order valence-corrected chi connectivity index (χ1v) is 5.34. The van der Waals surface area contributed by atoms with Crippen molar-refractivity contribution in [2.75, 3.05) is 0 Å². The molecule has 0 bridgehead atoms. The lowest BCUT2D eigenvalue weighted by molar-refractivity contribution is -0.137. The molecule has 2 rings (SSSR count). The second-order valence-electron chi connectivity index (χ2n) is 3.80. The minimum Gasteiger partial charge on any atom is -0.348 e. The van der Waals surface area contributed by atoms with Gasteiger partial charge in [0.25, 0.3) is 0 Å². The zero-order valence-electron chi connectivity index (χ0n) is 9.43. The Labute approximate surface area is 103 Å². The van der Waals surface area contributed by atoms with E-state index in [0.29, 0.717) is 6.54 Å². The fraction of sp³-hybridized carbons (Fsp3) is 0.154. The standard InChI is InChI=1S/C13H11F3N2/c14-13(15,16)12-4-2-11(3-5-12)10-18-8-1-6-17-7-9-18/h1-9H,10H2. The summed E-state index contributed by atoms with van der Waals surface area (Å²) in [6, 6.07) is 5.15. The highest BCUT2D eigenvalue weighted by Crippen LogP contribution is 2.29. The van der Waals surface area contributed by atoms with E-state index in [1.54, 1.807) is 24.7 Å². The molecule has 2 nitrogen and oxygen atoms in total.